The molecule has 0 spiro atoms. The Kier molecular flexibility index (Phi) is 11.2. The molecule has 0 bridgehead atoms. The molecule has 0 saturated carbocycles. The highest BCUT2D eigenvalue weighted by atomic mass is 14.6. The zero-order chi connectivity index (χ0) is 41.4. The number of nitrogens with zero attached hydrogens (tertiary/aromatic N) is 4. The molecule has 0 N–H and O–H groups in total. The van der Waals surface area contributed by atoms with Gasteiger partial charge in [-0.25, -0.2) is 0 Å². The second-order valence-corrected chi connectivity index (χ2v) is 14.9. The van der Waals surface area contributed by atoms with Crippen molar-refractivity contribution in [1.29, 1.82) is 0 Å². The van der Waals surface area contributed by atoms with E-state index in [1.54, 1.807) is 0 Å². The fourth-order valence-corrected chi connectivity index (χ4v) is 7.86. The normalized spacial score (nSPS) is 11.5. The van der Waals surface area contributed by atoms with E-state index >= 15 is 0 Å². The Hall–Kier alpha value is -8.08. The molecule has 0 fully saturated rings. The Balaban J connectivity index is 1.26. The van der Waals surface area contributed by atoms with Crippen LogP contribution in [0.15, 0.2) is 230 Å². The van der Waals surface area contributed by atoms with Crippen molar-refractivity contribution in [3.63, 3.8) is 0 Å². The van der Waals surface area contributed by atoms with Crippen molar-refractivity contribution >= 4 is 12.3 Å². The molecule has 0 amide bonds. The van der Waals surface area contributed by atoms with Gasteiger partial charge in [-0.15, -0.1) is 0 Å². The summed E-state index contributed by atoms with van der Waals surface area (Å²) in [5.74, 6) is 0. The van der Waals surface area contributed by atoms with E-state index in [0.717, 1.165) is 100 Å². The van der Waals surface area contributed by atoms with E-state index in [1.807, 2.05) is 74.6 Å². The molecule has 0 aliphatic carbocycles. The SMILES string of the molecule is C=N/C=C(\C=C/C)c1cccc(-c2cc(-c3cccc(-c4cccnc4)c3)cc(-c3cc(-c4cccc(-c5cccnc5)c4)cc(-c4cccc(-c5cccnc5)c4)c3)c2)c1. The molecular formula is C57H42N4. The summed E-state index contributed by atoms with van der Waals surface area (Å²) in [7, 11) is 0. The van der Waals surface area contributed by atoms with Gasteiger partial charge in [0.25, 0.3) is 0 Å². The monoisotopic (exact) mass is 782 g/mol. The first-order valence-electron chi connectivity index (χ1n) is 20.3. The molecule has 0 saturated heterocycles. The van der Waals surface area contributed by atoms with Crippen molar-refractivity contribution in [2.75, 3.05) is 0 Å². The molecule has 0 radical (unpaired) electrons. The summed E-state index contributed by atoms with van der Waals surface area (Å²) < 4.78 is 0. The second-order valence-electron chi connectivity index (χ2n) is 14.9. The van der Waals surface area contributed by atoms with Gasteiger partial charge in [-0.1, -0.05) is 103 Å². The molecule has 9 aromatic rings. The Labute approximate surface area is 357 Å². The van der Waals surface area contributed by atoms with Crippen molar-refractivity contribution in [2.24, 2.45) is 4.99 Å². The first-order valence-corrected chi connectivity index (χ1v) is 20.3. The summed E-state index contributed by atoms with van der Waals surface area (Å²) >= 11 is 0. The van der Waals surface area contributed by atoms with E-state index < -0.39 is 0 Å². The van der Waals surface area contributed by atoms with Crippen LogP contribution in [-0.2, 0) is 0 Å². The third-order valence-corrected chi connectivity index (χ3v) is 10.9. The summed E-state index contributed by atoms with van der Waals surface area (Å²) in [4.78, 5) is 17.3. The van der Waals surface area contributed by atoms with E-state index in [1.165, 1.54) is 0 Å². The number of aromatic nitrogens is 3. The van der Waals surface area contributed by atoms with Crippen LogP contribution in [-0.4, -0.2) is 21.7 Å². The smallest absolute Gasteiger partial charge is 0.0346 e. The average Bonchev–Trinajstić information content (AvgIpc) is 3.34. The van der Waals surface area contributed by atoms with Gasteiger partial charge in [-0.2, -0.15) is 0 Å². The number of aliphatic imine (C=N–C) groups is 1. The Morgan fingerprint density at radius 3 is 1.00 bits per heavy atom. The minimum absolute atomic E-state index is 0.999. The average molecular weight is 783 g/mol. The van der Waals surface area contributed by atoms with Crippen LogP contribution in [0.25, 0.3) is 94.6 Å². The minimum atomic E-state index is 0.999. The lowest BCUT2D eigenvalue weighted by molar-refractivity contribution is 1.33. The fraction of sp³-hybridized carbons (Fsp3) is 0.0175. The predicted octanol–water partition coefficient (Wildman–Crippen LogP) is 14.8. The zero-order valence-corrected chi connectivity index (χ0v) is 33.9. The highest BCUT2D eigenvalue weighted by Gasteiger charge is 2.14. The van der Waals surface area contributed by atoms with Gasteiger partial charge < -0.3 is 0 Å². The molecule has 0 unspecified atom stereocenters. The summed E-state index contributed by atoms with van der Waals surface area (Å²) in [6, 6.07) is 61.0. The van der Waals surface area contributed by atoms with E-state index in [9.17, 15) is 0 Å². The molecule has 0 aliphatic rings. The van der Waals surface area contributed by atoms with Gasteiger partial charge in [0.15, 0.2) is 0 Å². The minimum Gasteiger partial charge on any atom is -0.272 e. The first kappa shape index (κ1) is 38.4. The first-order chi connectivity index (χ1) is 30.1. The molecule has 4 nitrogen and oxygen atoms in total. The van der Waals surface area contributed by atoms with Gasteiger partial charge >= 0.3 is 0 Å². The van der Waals surface area contributed by atoms with Crippen LogP contribution < -0.4 is 0 Å². The summed E-state index contributed by atoms with van der Waals surface area (Å²) in [6.45, 7) is 5.75. The van der Waals surface area contributed by atoms with Crippen LogP contribution in [0.3, 0.4) is 0 Å². The molecule has 0 aliphatic heterocycles. The maximum Gasteiger partial charge on any atom is 0.0346 e. The van der Waals surface area contributed by atoms with E-state index in [-0.39, 0.29) is 0 Å². The third kappa shape index (κ3) is 8.70. The number of rotatable bonds is 11. The van der Waals surface area contributed by atoms with Crippen LogP contribution in [0.5, 0.6) is 0 Å². The molecule has 0 atom stereocenters. The lowest BCUT2D eigenvalue weighted by Gasteiger charge is -2.16. The van der Waals surface area contributed by atoms with Gasteiger partial charge in [0.1, 0.15) is 0 Å². The van der Waals surface area contributed by atoms with Crippen LogP contribution in [0.4, 0.5) is 0 Å². The van der Waals surface area contributed by atoms with Gasteiger partial charge in [-0.05, 0) is 176 Å². The number of pyridine rings is 3. The topological polar surface area (TPSA) is 51.0 Å². The summed E-state index contributed by atoms with van der Waals surface area (Å²) in [6.07, 6.45) is 17.1. The van der Waals surface area contributed by atoms with Crippen molar-refractivity contribution in [1.82, 2.24) is 15.0 Å². The number of hydrogen-bond acceptors (Lipinski definition) is 4. The second kappa shape index (κ2) is 17.8. The zero-order valence-electron chi connectivity index (χ0n) is 33.9. The fourth-order valence-electron chi connectivity index (χ4n) is 7.86. The number of allylic oxidation sites excluding steroid dienone is 3. The van der Waals surface area contributed by atoms with Gasteiger partial charge in [0.2, 0.25) is 0 Å². The summed E-state index contributed by atoms with van der Waals surface area (Å²) in [5.41, 5.74) is 19.8. The molecule has 6 aromatic carbocycles. The number of benzene rings is 6. The number of hydrogen-bond donors (Lipinski definition) is 0. The largest absolute Gasteiger partial charge is 0.272 e. The molecule has 61 heavy (non-hydrogen) atoms. The van der Waals surface area contributed by atoms with Crippen molar-refractivity contribution < 1.29 is 0 Å². The van der Waals surface area contributed by atoms with Crippen LogP contribution in [0, 0.1) is 0 Å². The van der Waals surface area contributed by atoms with Crippen molar-refractivity contribution in [3.05, 3.63) is 231 Å². The Morgan fingerprint density at radius 2 is 0.672 bits per heavy atom. The molecule has 3 heterocycles. The standard InChI is InChI=1S/C57H42N4/c1-3-11-48(36-58-2)40-12-4-16-44(26-40)52-30-53(45-17-5-13-41(27-45)49-20-8-23-59-37-49)33-56(32-52)57-34-54(46-18-6-14-42(28-46)50-21-9-24-60-38-50)31-55(35-57)47-19-7-15-43(29-47)51-22-10-25-61-39-51/h3-39H,2H2,1H3/b11-3-,48-36+. The highest BCUT2D eigenvalue weighted by Crippen LogP contribution is 2.40. The predicted molar refractivity (Wildman–Crippen MR) is 256 cm³/mol. The van der Waals surface area contributed by atoms with Gasteiger partial charge in [0, 0.05) is 60.1 Å². The molecule has 9 rings (SSSR count). The third-order valence-electron chi connectivity index (χ3n) is 10.9. The lowest BCUT2D eigenvalue weighted by Crippen LogP contribution is -1.91. The van der Waals surface area contributed by atoms with Crippen LogP contribution in [0.2, 0.25) is 0 Å². The van der Waals surface area contributed by atoms with Gasteiger partial charge in [0.05, 0.1) is 0 Å². The van der Waals surface area contributed by atoms with Crippen molar-refractivity contribution in [2.45, 2.75) is 6.92 Å². The molecule has 4 heteroatoms. The van der Waals surface area contributed by atoms with Crippen LogP contribution >= 0.6 is 0 Å². The highest BCUT2D eigenvalue weighted by molar-refractivity contribution is 5.89. The van der Waals surface area contributed by atoms with Crippen LogP contribution in [0.1, 0.15) is 12.5 Å². The quantitative estimate of drug-likeness (QED) is 0.0970. The molecule has 290 valence electrons. The Bertz CT molecular complexity index is 2940. The molecule has 3 aromatic heterocycles. The van der Waals surface area contributed by atoms with E-state index in [2.05, 4.69) is 184 Å². The van der Waals surface area contributed by atoms with Gasteiger partial charge in [-0.3, -0.25) is 19.9 Å². The maximum absolute atomic E-state index is 4.41. The van der Waals surface area contributed by atoms with Crippen molar-refractivity contribution in [3.8, 4) is 89.0 Å². The Morgan fingerprint density at radius 1 is 0.377 bits per heavy atom. The lowest BCUT2D eigenvalue weighted by atomic mass is 9.88. The van der Waals surface area contributed by atoms with E-state index in [0.29, 0.717) is 0 Å². The van der Waals surface area contributed by atoms with E-state index in [4.69, 9.17) is 0 Å². The maximum atomic E-state index is 4.41. The summed E-state index contributed by atoms with van der Waals surface area (Å²) in [5, 5.41) is 0. The molecular weight excluding hydrogens is 741 g/mol.